The van der Waals surface area contributed by atoms with Crippen LogP contribution in [-0.2, 0) is 10.8 Å². The van der Waals surface area contributed by atoms with Crippen LogP contribution in [0.1, 0.15) is 91.6 Å². The predicted octanol–water partition coefficient (Wildman–Crippen LogP) is 10.3. The molecular weight excluding hydrogens is 460 g/mol. The molecule has 0 aliphatic carbocycles. The van der Waals surface area contributed by atoms with Gasteiger partial charge in [0, 0.05) is 44.4 Å². The van der Waals surface area contributed by atoms with Crippen LogP contribution >= 0.6 is 0 Å². The highest BCUT2D eigenvalue weighted by Gasteiger charge is 2.26. The Hall–Kier alpha value is -3.26. The van der Waals surface area contributed by atoms with Crippen molar-refractivity contribution >= 4 is 21.8 Å². The monoisotopic (exact) mass is 504 g/mol. The van der Waals surface area contributed by atoms with Crippen molar-refractivity contribution in [3.63, 3.8) is 0 Å². The first-order chi connectivity index (χ1) is 17.9. The molecule has 5 rings (SSSR count). The van der Waals surface area contributed by atoms with Crippen molar-refractivity contribution in [3.8, 4) is 11.4 Å². The Morgan fingerprint density at radius 1 is 0.605 bits per heavy atom. The van der Waals surface area contributed by atoms with Gasteiger partial charge in [-0.15, -0.1) is 0 Å². The number of fused-ring (bicyclic) bond motifs is 2. The van der Waals surface area contributed by atoms with Crippen LogP contribution in [0.15, 0.2) is 78.9 Å². The number of nitrogens with zero attached hydrogens (tertiary/aromatic N) is 2. The Balaban J connectivity index is 1.88. The van der Waals surface area contributed by atoms with E-state index in [0.29, 0.717) is 11.8 Å². The highest BCUT2D eigenvalue weighted by Crippen LogP contribution is 2.38. The molecular formula is C36H44N2. The molecule has 2 atom stereocenters. The van der Waals surface area contributed by atoms with Gasteiger partial charge >= 0.3 is 0 Å². The second-order valence-corrected chi connectivity index (χ2v) is 13.3. The number of aromatic nitrogens is 2. The molecule has 2 unspecified atom stereocenters. The number of hydrogen-bond donors (Lipinski definition) is 0. The summed E-state index contributed by atoms with van der Waals surface area (Å²) >= 11 is 0. The number of benzene rings is 3. The Morgan fingerprint density at radius 2 is 1.03 bits per heavy atom. The molecule has 0 saturated carbocycles. The molecule has 5 aromatic rings. The molecule has 0 aliphatic rings. The first kappa shape index (κ1) is 26.4. The van der Waals surface area contributed by atoms with Crippen molar-refractivity contribution in [2.75, 3.05) is 0 Å². The van der Waals surface area contributed by atoms with E-state index in [0.717, 1.165) is 0 Å². The second kappa shape index (κ2) is 9.49. The molecule has 0 bridgehead atoms. The number of hydrogen-bond acceptors (Lipinski definition) is 0. The number of rotatable bonds is 5. The average molecular weight is 505 g/mol. The first-order valence-electron chi connectivity index (χ1n) is 14.3. The van der Waals surface area contributed by atoms with Crippen molar-refractivity contribution in [2.24, 2.45) is 5.92 Å². The number of para-hydroxylation sites is 2. The van der Waals surface area contributed by atoms with Gasteiger partial charge in [0.25, 0.3) is 0 Å². The van der Waals surface area contributed by atoms with E-state index in [-0.39, 0.29) is 10.8 Å². The third-order valence-corrected chi connectivity index (χ3v) is 8.42. The lowest BCUT2D eigenvalue weighted by Crippen LogP contribution is -2.19. The van der Waals surface area contributed by atoms with E-state index < -0.39 is 0 Å². The molecule has 0 amide bonds. The zero-order chi connectivity index (χ0) is 27.4. The van der Waals surface area contributed by atoms with Crippen LogP contribution < -0.4 is 0 Å². The lowest BCUT2D eigenvalue weighted by molar-refractivity contribution is 0.473. The van der Waals surface area contributed by atoms with E-state index in [9.17, 15) is 0 Å². The van der Waals surface area contributed by atoms with E-state index in [1.54, 1.807) is 0 Å². The van der Waals surface area contributed by atoms with Crippen molar-refractivity contribution < 1.29 is 0 Å². The molecule has 2 heterocycles. The molecule has 2 nitrogen and oxygen atoms in total. The van der Waals surface area contributed by atoms with E-state index in [1.807, 2.05) is 0 Å². The minimum absolute atomic E-state index is 0.00817. The first-order valence-corrected chi connectivity index (χ1v) is 14.3. The van der Waals surface area contributed by atoms with E-state index in [2.05, 4.69) is 150 Å². The van der Waals surface area contributed by atoms with Crippen LogP contribution in [-0.4, -0.2) is 9.13 Å². The van der Waals surface area contributed by atoms with Crippen LogP contribution in [0.3, 0.4) is 0 Å². The predicted molar refractivity (Wildman–Crippen MR) is 165 cm³/mol. The van der Waals surface area contributed by atoms with Crippen molar-refractivity contribution in [1.29, 1.82) is 0 Å². The van der Waals surface area contributed by atoms with E-state index >= 15 is 0 Å². The molecule has 38 heavy (non-hydrogen) atoms. The fourth-order valence-electron chi connectivity index (χ4n) is 5.79. The van der Waals surface area contributed by atoms with Crippen LogP contribution in [0.4, 0.5) is 0 Å². The van der Waals surface area contributed by atoms with Gasteiger partial charge in [-0.3, -0.25) is 0 Å². The molecule has 2 aromatic heterocycles. The maximum absolute atomic E-state index is 2.51. The van der Waals surface area contributed by atoms with Crippen LogP contribution in [0.25, 0.3) is 33.2 Å². The van der Waals surface area contributed by atoms with Gasteiger partial charge in [-0.25, -0.2) is 0 Å². The summed E-state index contributed by atoms with van der Waals surface area (Å²) in [6.07, 6.45) is 1.17. The lowest BCUT2D eigenvalue weighted by atomic mass is 9.86. The smallest absolute Gasteiger partial charge is 0.0531 e. The summed E-state index contributed by atoms with van der Waals surface area (Å²) in [6, 6.07) is 29.7. The van der Waals surface area contributed by atoms with Gasteiger partial charge in [-0.05, 0) is 59.9 Å². The van der Waals surface area contributed by atoms with Gasteiger partial charge in [0.05, 0.1) is 11.0 Å². The molecule has 0 radical (unpaired) electrons. The topological polar surface area (TPSA) is 9.86 Å². The molecule has 0 N–H and O–H groups in total. The Morgan fingerprint density at radius 3 is 1.42 bits per heavy atom. The Bertz CT molecular complexity index is 1490. The zero-order valence-electron chi connectivity index (χ0n) is 24.8. The summed E-state index contributed by atoms with van der Waals surface area (Å²) in [4.78, 5) is 0. The highest BCUT2D eigenvalue weighted by atomic mass is 15.0. The van der Waals surface area contributed by atoms with E-state index in [4.69, 9.17) is 0 Å². The van der Waals surface area contributed by atoms with Crippen LogP contribution in [0, 0.1) is 5.92 Å². The molecule has 198 valence electrons. The molecule has 3 aromatic carbocycles. The maximum atomic E-state index is 2.51. The average Bonchev–Trinajstić information content (AvgIpc) is 3.47. The maximum Gasteiger partial charge on any atom is 0.0531 e. The minimum Gasteiger partial charge on any atom is -0.313 e. The van der Waals surface area contributed by atoms with Gasteiger partial charge in [-0.2, -0.15) is 0 Å². The van der Waals surface area contributed by atoms with Crippen molar-refractivity contribution in [1.82, 2.24) is 9.13 Å². The van der Waals surface area contributed by atoms with Gasteiger partial charge in [0.2, 0.25) is 0 Å². The normalized spacial score (nSPS) is 14.3. The lowest BCUT2D eigenvalue weighted by Gasteiger charge is -2.27. The minimum atomic E-state index is 0.00817. The highest BCUT2D eigenvalue weighted by molar-refractivity contribution is 5.85. The zero-order valence-corrected chi connectivity index (χ0v) is 24.8. The molecule has 2 heteroatoms. The summed E-state index contributed by atoms with van der Waals surface area (Å²) < 4.78 is 5.02. The second-order valence-electron chi connectivity index (χ2n) is 13.3. The van der Waals surface area contributed by atoms with Crippen LogP contribution in [0.5, 0.6) is 0 Å². The molecule has 0 fully saturated rings. The summed E-state index contributed by atoms with van der Waals surface area (Å²) in [5.41, 5.74) is 9.13. The molecule has 0 saturated heterocycles. The fraction of sp³-hybridized carbons (Fsp3) is 0.389. The Labute approximate surface area is 229 Å². The SMILES string of the molecule is CCC(C)C(C)c1cc(-n2c(C(C)(C)C)cc3ccccc32)cc(-n2c(C(C)(C)C)cc3ccccc32)c1. The fourth-order valence-corrected chi connectivity index (χ4v) is 5.79. The van der Waals surface area contributed by atoms with Gasteiger partial charge in [0.1, 0.15) is 0 Å². The third kappa shape index (κ3) is 4.59. The van der Waals surface area contributed by atoms with Crippen LogP contribution in [0.2, 0.25) is 0 Å². The summed E-state index contributed by atoms with van der Waals surface area (Å²) in [5.74, 6) is 1.06. The standard InChI is InChI=1S/C36H44N2/c1-10-24(2)25(3)28-19-29(37-31-17-13-11-15-26(31)21-33(37)35(4,5)6)23-30(20-28)38-32-18-14-12-16-27(32)22-34(38)36(7,8)9/h11-25H,10H2,1-9H3. The summed E-state index contributed by atoms with van der Waals surface area (Å²) in [6.45, 7) is 21.0. The van der Waals surface area contributed by atoms with E-state index in [1.165, 1.54) is 56.6 Å². The third-order valence-electron chi connectivity index (χ3n) is 8.42. The van der Waals surface area contributed by atoms with Crippen molar-refractivity contribution in [3.05, 3.63) is 95.8 Å². The van der Waals surface area contributed by atoms with Gasteiger partial charge in [-0.1, -0.05) is 105 Å². The largest absolute Gasteiger partial charge is 0.313 e. The molecule has 0 spiro atoms. The van der Waals surface area contributed by atoms with Gasteiger partial charge < -0.3 is 9.13 Å². The summed E-state index contributed by atoms with van der Waals surface area (Å²) in [5, 5.41) is 2.59. The quantitative estimate of drug-likeness (QED) is 0.225. The van der Waals surface area contributed by atoms with Gasteiger partial charge in [0.15, 0.2) is 0 Å². The Kier molecular flexibility index (Phi) is 6.58. The summed E-state index contributed by atoms with van der Waals surface area (Å²) in [7, 11) is 0. The van der Waals surface area contributed by atoms with Crippen molar-refractivity contribution in [2.45, 2.75) is 85.5 Å². The molecule has 0 aliphatic heterocycles.